The lowest BCUT2D eigenvalue weighted by Gasteiger charge is -2.25. The van der Waals surface area contributed by atoms with Crippen LogP contribution in [-0.4, -0.2) is 0 Å². The average Bonchev–Trinajstić information content (AvgIpc) is 2.94. The van der Waals surface area contributed by atoms with E-state index in [2.05, 4.69) is 13.0 Å². The van der Waals surface area contributed by atoms with Gasteiger partial charge in [0.25, 0.3) is 0 Å². The van der Waals surface area contributed by atoms with Gasteiger partial charge in [0, 0.05) is 11.1 Å². The van der Waals surface area contributed by atoms with Gasteiger partial charge in [-0.15, -0.1) is 0 Å². The maximum atomic E-state index is 6.42. The molecule has 0 saturated heterocycles. The second-order valence-electron chi connectivity index (χ2n) is 6.23. The van der Waals surface area contributed by atoms with Gasteiger partial charge in [-0.1, -0.05) is 30.2 Å². The molecule has 18 heavy (non-hydrogen) atoms. The third kappa shape index (κ3) is 2.19. The topological polar surface area (TPSA) is 26.0 Å². The predicted octanol–water partition coefficient (Wildman–Crippen LogP) is 4.47. The normalized spacial score (nSPS) is 31.8. The second-order valence-corrected chi connectivity index (χ2v) is 6.64. The van der Waals surface area contributed by atoms with Gasteiger partial charge in [-0.25, -0.2) is 0 Å². The minimum atomic E-state index is 0.160. The number of hydrogen-bond acceptors (Lipinski definition) is 1. The highest BCUT2D eigenvalue weighted by molar-refractivity contribution is 6.31. The van der Waals surface area contributed by atoms with Crippen molar-refractivity contribution >= 4 is 11.6 Å². The maximum Gasteiger partial charge on any atom is 0.0438 e. The van der Waals surface area contributed by atoms with Crippen LogP contribution in [0.3, 0.4) is 0 Å². The molecule has 2 fully saturated rings. The van der Waals surface area contributed by atoms with Gasteiger partial charge in [0.15, 0.2) is 0 Å². The first-order chi connectivity index (χ1) is 8.65. The Labute approximate surface area is 115 Å². The summed E-state index contributed by atoms with van der Waals surface area (Å²) in [5.41, 5.74) is 8.82. The summed E-state index contributed by atoms with van der Waals surface area (Å²) in [5.74, 6) is 2.82. The Balaban J connectivity index is 1.71. The van der Waals surface area contributed by atoms with Crippen LogP contribution in [0.4, 0.5) is 0 Å². The highest BCUT2D eigenvalue weighted by Gasteiger charge is 2.39. The lowest BCUT2D eigenvalue weighted by Crippen LogP contribution is -2.20. The highest BCUT2D eigenvalue weighted by atomic mass is 35.5. The van der Waals surface area contributed by atoms with Crippen LogP contribution in [-0.2, 0) is 0 Å². The quantitative estimate of drug-likeness (QED) is 0.855. The first-order valence-corrected chi connectivity index (χ1v) is 7.53. The molecule has 1 aromatic carbocycles. The van der Waals surface area contributed by atoms with E-state index in [9.17, 15) is 0 Å². The summed E-state index contributed by atoms with van der Waals surface area (Å²) < 4.78 is 0. The number of hydrogen-bond donors (Lipinski definition) is 1. The van der Waals surface area contributed by atoms with Crippen molar-refractivity contribution in [1.29, 1.82) is 0 Å². The zero-order valence-corrected chi connectivity index (χ0v) is 11.8. The van der Waals surface area contributed by atoms with E-state index in [1.54, 1.807) is 0 Å². The molecule has 2 aliphatic carbocycles. The zero-order valence-electron chi connectivity index (χ0n) is 11.0. The Bertz CT molecular complexity index is 443. The van der Waals surface area contributed by atoms with Crippen molar-refractivity contribution in [3.05, 3.63) is 34.3 Å². The SMILES string of the molecule is Cc1c(Cl)cccc1C(N)CC1CC2CCC1C2. The molecular formula is C16H22ClN. The lowest BCUT2D eigenvalue weighted by atomic mass is 9.82. The smallest absolute Gasteiger partial charge is 0.0438 e. The van der Waals surface area contributed by atoms with E-state index in [0.29, 0.717) is 0 Å². The highest BCUT2D eigenvalue weighted by Crippen LogP contribution is 2.50. The van der Waals surface area contributed by atoms with Crippen molar-refractivity contribution in [2.75, 3.05) is 0 Å². The fraction of sp³-hybridized carbons (Fsp3) is 0.625. The molecule has 0 spiro atoms. The molecule has 0 heterocycles. The van der Waals surface area contributed by atoms with E-state index in [-0.39, 0.29) is 6.04 Å². The molecule has 2 bridgehead atoms. The molecule has 1 nitrogen and oxygen atoms in total. The van der Waals surface area contributed by atoms with Crippen LogP contribution in [0.15, 0.2) is 18.2 Å². The molecule has 1 aromatic rings. The monoisotopic (exact) mass is 263 g/mol. The van der Waals surface area contributed by atoms with Crippen LogP contribution in [0.5, 0.6) is 0 Å². The molecule has 98 valence electrons. The first kappa shape index (κ1) is 12.5. The Morgan fingerprint density at radius 3 is 2.83 bits per heavy atom. The third-order valence-corrected chi connectivity index (χ3v) is 5.56. The molecule has 4 atom stereocenters. The van der Waals surface area contributed by atoms with Gasteiger partial charge < -0.3 is 5.73 Å². The lowest BCUT2D eigenvalue weighted by molar-refractivity contribution is 0.296. The van der Waals surface area contributed by atoms with Crippen LogP contribution in [0.1, 0.15) is 49.3 Å². The largest absolute Gasteiger partial charge is 0.324 e. The molecule has 0 aromatic heterocycles. The number of nitrogens with two attached hydrogens (primary N) is 1. The van der Waals surface area contributed by atoms with Gasteiger partial charge in [0.1, 0.15) is 0 Å². The molecule has 3 rings (SSSR count). The fourth-order valence-corrected chi connectivity index (χ4v) is 4.33. The number of benzene rings is 1. The first-order valence-electron chi connectivity index (χ1n) is 7.15. The molecule has 2 heteroatoms. The standard InChI is InChI=1S/C16H22ClN/c1-10-14(3-2-4-15(10)17)16(18)9-13-8-11-5-6-12(13)7-11/h2-4,11-13,16H,5-9,18H2,1H3. The van der Waals surface area contributed by atoms with Crippen molar-refractivity contribution in [3.8, 4) is 0 Å². The van der Waals surface area contributed by atoms with E-state index in [0.717, 1.165) is 34.8 Å². The van der Waals surface area contributed by atoms with E-state index in [4.69, 9.17) is 17.3 Å². The molecule has 2 saturated carbocycles. The molecule has 2 N–H and O–H groups in total. The summed E-state index contributed by atoms with van der Waals surface area (Å²) in [5, 5.41) is 0.843. The van der Waals surface area contributed by atoms with Gasteiger partial charge in [0.2, 0.25) is 0 Å². The Kier molecular flexibility index (Phi) is 3.38. The molecular weight excluding hydrogens is 242 g/mol. The third-order valence-electron chi connectivity index (χ3n) is 5.15. The number of fused-ring (bicyclic) bond motifs is 2. The predicted molar refractivity (Wildman–Crippen MR) is 76.7 cm³/mol. The van der Waals surface area contributed by atoms with Gasteiger partial charge >= 0.3 is 0 Å². The summed E-state index contributed by atoms with van der Waals surface area (Å²) in [7, 11) is 0. The summed E-state index contributed by atoms with van der Waals surface area (Å²) in [4.78, 5) is 0. The Morgan fingerprint density at radius 1 is 1.33 bits per heavy atom. The minimum absolute atomic E-state index is 0.160. The van der Waals surface area contributed by atoms with Crippen LogP contribution in [0.25, 0.3) is 0 Å². The van der Waals surface area contributed by atoms with Crippen LogP contribution in [0, 0.1) is 24.7 Å². The van der Waals surface area contributed by atoms with Crippen molar-refractivity contribution in [2.45, 2.75) is 45.1 Å². The summed E-state index contributed by atoms with van der Waals surface area (Å²) in [6.45, 7) is 2.08. The second kappa shape index (κ2) is 4.86. The van der Waals surface area contributed by atoms with Gasteiger partial charge in [-0.05, 0) is 67.6 Å². The van der Waals surface area contributed by atoms with Crippen LogP contribution in [0.2, 0.25) is 5.02 Å². The minimum Gasteiger partial charge on any atom is -0.324 e. The summed E-state index contributed by atoms with van der Waals surface area (Å²) in [6.07, 6.45) is 6.93. The number of halogens is 1. The molecule has 0 radical (unpaired) electrons. The van der Waals surface area contributed by atoms with E-state index in [1.165, 1.54) is 31.2 Å². The van der Waals surface area contributed by atoms with Crippen molar-refractivity contribution < 1.29 is 0 Å². The molecule has 4 unspecified atom stereocenters. The fourth-order valence-electron chi connectivity index (χ4n) is 4.14. The van der Waals surface area contributed by atoms with Crippen molar-refractivity contribution in [2.24, 2.45) is 23.5 Å². The molecule has 0 aliphatic heterocycles. The Hall–Kier alpha value is -0.530. The van der Waals surface area contributed by atoms with Crippen molar-refractivity contribution in [1.82, 2.24) is 0 Å². The van der Waals surface area contributed by atoms with Gasteiger partial charge in [0.05, 0.1) is 0 Å². The van der Waals surface area contributed by atoms with E-state index >= 15 is 0 Å². The van der Waals surface area contributed by atoms with E-state index < -0.39 is 0 Å². The van der Waals surface area contributed by atoms with Gasteiger partial charge in [-0.2, -0.15) is 0 Å². The van der Waals surface area contributed by atoms with Gasteiger partial charge in [-0.3, -0.25) is 0 Å². The molecule has 0 amide bonds. The number of rotatable bonds is 3. The van der Waals surface area contributed by atoms with E-state index in [1.807, 2.05) is 12.1 Å². The Morgan fingerprint density at radius 2 is 2.17 bits per heavy atom. The maximum absolute atomic E-state index is 6.42. The van der Waals surface area contributed by atoms with Crippen LogP contribution >= 0.6 is 11.6 Å². The molecule has 2 aliphatic rings. The average molecular weight is 264 g/mol. The van der Waals surface area contributed by atoms with Crippen molar-refractivity contribution in [3.63, 3.8) is 0 Å². The summed E-state index contributed by atoms with van der Waals surface area (Å²) >= 11 is 6.18. The summed E-state index contributed by atoms with van der Waals surface area (Å²) in [6, 6.07) is 6.27. The van der Waals surface area contributed by atoms with Crippen LogP contribution < -0.4 is 5.73 Å². The zero-order chi connectivity index (χ0) is 12.7.